The van der Waals surface area contributed by atoms with E-state index in [4.69, 9.17) is 4.74 Å². The predicted octanol–water partition coefficient (Wildman–Crippen LogP) is 3.62. The largest absolute Gasteiger partial charge is 0.494 e. The third-order valence-corrected chi connectivity index (χ3v) is 2.22. The minimum absolute atomic E-state index is 0.484. The van der Waals surface area contributed by atoms with E-state index in [0.29, 0.717) is 12.5 Å². The summed E-state index contributed by atoms with van der Waals surface area (Å²) in [7, 11) is 0. The lowest BCUT2D eigenvalue weighted by atomic mass is 10.0. The van der Waals surface area contributed by atoms with Crippen molar-refractivity contribution in [2.24, 2.45) is 5.92 Å². The summed E-state index contributed by atoms with van der Waals surface area (Å²) in [6.45, 7) is 12.8. The molecule has 1 aliphatic heterocycles. The Balaban J connectivity index is 2.89. The van der Waals surface area contributed by atoms with E-state index in [1.54, 1.807) is 0 Å². The van der Waals surface area contributed by atoms with Crippen LogP contribution in [0.15, 0.2) is 48.3 Å². The molecule has 1 nitrogen and oxygen atoms in total. The zero-order valence-electron chi connectivity index (χ0n) is 9.05. The SMILES string of the molecule is C=C1/C=C\C(C(C)C)=C/C(=C)OCC1. The monoisotopic (exact) mass is 190 g/mol. The summed E-state index contributed by atoms with van der Waals surface area (Å²) in [6.07, 6.45) is 7.04. The molecule has 0 aromatic rings. The Morgan fingerprint density at radius 3 is 2.64 bits per heavy atom. The van der Waals surface area contributed by atoms with Crippen molar-refractivity contribution < 1.29 is 4.74 Å². The van der Waals surface area contributed by atoms with Crippen molar-refractivity contribution in [2.75, 3.05) is 6.61 Å². The molecule has 0 aliphatic carbocycles. The molecule has 1 aliphatic rings. The lowest BCUT2D eigenvalue weighted by Gasteiger charge is -2.07. The second-order valence-electron chi connectivity index (χ2n) is 3.86. The van der Waals surface area contributed by atoms with Gasteiger partial charge in [-0.2, -0.15) is 0 Å². The van der Waals surface area contributed by atoms with Crippen molar-refractivity contribution in [1.82, 2.24) is 0 Å². The summed E-state index contributed by atoms with van der Waals surface area (Å²) in [5.41, 5.74) is 2.34. The third-order valence-electron chi connectivity index (χ3n) is 2.22. The van der Waals surface area contributed by atoms with E-state index in [-0.39, 0.29) is 0 Å². The quantitative estimate of drug-likeness (QED) is 0.613. The average molecular weight is 190 g/mol. The zero-order chi connectivity index (χ0) is 10.6. The average Bonchev–Trinajstić information content (AvgIpc) is 2.17. The van der Waals surface area contributed by atoms with E-state index < -0.39 is 0 Å². The van der Waals surface area contributed by atoms with Crippen molar-refractivity contribution in [3.8, 4) is 0 Å². The van der Waals surface area contributed by atoms with Crippen molar-refractivity contribution in [3.05, 3.63) is 48.3 Å². The molecule has 0 saturated heterocycles. The number of allylic oxidation sites excluding steroid dienone is 4. The lowest BCUT2D eigenvalue weighted by Crippen LogP contribution is -1.94. The van der Waals surface area contributed by atoms with Gasteiger partial charge in [0.25, 0.3) is 0 Å². The Kier molecular flexibility index (Phi) is 3.75. The van der Waals surface area contributed by atoms with Gasteiger partial charge in [0.1, 0.15) is 5.76 Å². The second-order valence-corrected chi connectivity index (χ2v) is 3.86. The molecule has 1 heterocycles. The number of rotatable bonds is 1. The van der Waals surface area contributed by atoms with Crippen molar-refractivity contribution >= 4 is 0 Å². The summed E-state index contributed by atoms with van der Waals surface area (Å²) in [4.78, 5) is 0. The fraction of sp³-hybridized carbons (Fsp3) is 0.385. The molecule has 0 spiro atoms. The van der Waals surface area contributed by atoms with Gasteiger partial charge in [0.15, 0.2) is 0 Å². The summed E-state index contributed by atoms with van der Waals surface area (Å²) in [5, 5.41) is 0. The fourth-order valence-electron chi connectivity index (χ4n) is 1.25. The minimum atomic E-state index is 0.484. The molecule has 0 bridgehead atoms. The first-order valence-corrected chi connectivity index (χ1v) is 4.98. The van der Waals surface area contributed by atoms with Crippen LogP contribution in [0.3, 0.4) is 0 Å². The molecule has 0 atom stereocenters. The Morgan fingerprint density at radius 2 is 2.00 bits per heavy atom. The Morgan fingerprint density at radius 1 is 1.29 bits per heavy atom. The summed E-state index contributed by atoms with van der Waals surface area (Å²) in [6, 6.07) is 0. The molecule has 0 aromatic carbocycles. The number of hydrogen-bond acceptors (Lipinski definition) is 1. The Bertz CT molecular complexity index is 292. The molecule has 0 unspecified atom stereocenters. The van der Waals surface area contributed by atoms with Gasteiger partial charge >= 0.3 is 0 Å². The van der Waals surface area contributed by atoms with Crippen molar-refractivity contribution in [2.45, 2.75) is 20.3 Å². The van der Waals surface area contributed by atoms with Crippen molar-refractivity contribution in [3.63, 3.8) is 0 Å². The van der Waals surface area contributed by atoms with E-state index in [0.717, 1.165) is 17.8 Å². The van der Waals surface area contributed by atoms with Gasteiger partial charge in [0.2, 0.25) is 0 Å². The molecule has 1 rings (SSSR count). The minimum Gasteiger partial charge on any atom is -0.494 e. The van der Waals surface area contributed by atoms with E-state index >= 15 is 0 Å². The van der Waals surface area contributed by atoms with E-state index in [9.17, 15) is 0 Å². The topological polar surface area (TPSA) is 9.23 Å². The van der Waals surface area contributed by atoms with E-state index in [1.165, 1.54) is 5.57 Å². The second kappa shape index (κ2) is 4.85. The highest BCUT2D eigenvalue weighted by atomic mass is 16.5. The summed E-state index contributed by atoms with van der Waals surface area (Å²) < 4.78 is 5.44. The van der Waals surface area contributed by atoms with Gasteiger partial charge in [-0.05, 0) is 17.6 Å². The molecule has 0 amide bonds. The van der Waals surface area contributed by atoms with Crippen LogP contribution >= 0.6 is 0 Å². The van der Waals surface area contributed by atoms with Gasteiger partial charge in [-0.15, -0.1) is 0 Å². The van der Waals surface area contributed by atoms with Crippen LogP contribution in [-0.4, -0.2) is 6.61 Å². The third kappa shape index (κ3) is 3.25. The maximum atomic E-state index is 5.44. The molecular weight excluding hydrogens is 172 g/mol. The summed E-state index contributed by atoms with van der Waals surface area (Å²) in [5.74, 6) is 1.23. The van der Waals surface area contributed by atoms with Crippen LogP contribution in [0.1, 0.15) is 20.3 Å². The molecular formula is C13H18O. The smallest absolute Gasteiger partial charge is 0.112 e. The number of hydrogen-bond donors (Lipinski definition) is 0. The first kappa shape index (κ1) is 10.8. The van der Waals surface area contributed by atoms with Crippen LogP contribution in [0.2, 0.25) is 0 Å². The van der Waals surface area contributed by atoms with Crippen molar-refractivity contribution in [1.29, 1.82) is 0 Å². The van der Waals surface area contributed by atoms with Crippen LogP contribution in [0.25, 0.3) is 0 Å². The lowest BCUT2D eigenvalue weighted by molar-refractivity contribution is 0.230. The zero-order valence-corrected chi connectivity index (χ0v) is 9.05. The van der Waals surface area contributed by atoms with Gasteiger partial charge in [0, 0.05) is 6.42 Å². The van der Waals surface area contributed by atoms with E-state index in [1.807, 2.05) is 6.08 Å². The maximum Gasteiger partial charge on any atom is 0.112 e. The van der Waals surface area contributed by atoms with Gasteiger partial charge in [-0.3, -0.25) is 0 Å². The molecule has 0 radical (unpaired) electrons. The maximum absolute atomic E-state index is 5.44. The van der Waals surface area contributed by atoms with Gasteiger partial charge < -0.3 is 4.74 Å². The van der Waals surface area contributed by atoms with Crippen LogP contribution < -0.4 is 0 Å². The highest BCUT2D eigenvalue weighted by Crippen LogP contribution is 2.17. The predicted molar refractivity (Wildman–Crippen MR) is 60.9 cm³/mol. The molecule has 0 saturated carbocycles. The highest BCUT2D eigenvalue weighted by Gasteiger charge is 2.03. The standard InChI is InChI=1S/C13H18O/c1-10(2)13-6-5-11(3)7-8-14-12(4)9-13/h5-6,9-10H,3-4,7-8H2,1-2H3/b6-5-,13-9+. The Labute approximate surface area is 86.5 Å². The molecule has 0 fully saturated rings. The first-order valence-electron chi connectivity index (χ1n) is 4.98. The van der Waals surface area contributed by atoms with Gasteiger partial charge in [-0.1, -0.05) is 44.7 Å². The van der Waals surface area contributed by atoms with Crippen LogP contribution in [0, 0.1) is 5.92 Å². The molecule has 1 heteroatoms. The number of ether oxygens (including phenoxy) is 1. The van der Waals surface area contributed by atoms with Crippen LogP contribution in [0.5, 0.6) is 0 Å². The highest BCUT2D eigenvalue weighted by molar-refractivity contribution is 5.32. The normalized spacial score (nSPS) is 24.4. The summed E-state index contributed by atoms with van der Waals surface area (Å²) >= 11 is 0. The first-order chi connectivity index (χ1) is 6.59. The van der Waals surface area contributed by atoms with Crippen LogP contribution in [-0.2, 0) is 4.74 Å². The van der Waals surface area contributed by atoms with Crippen LogP contribution in [0.4, 0.5) is 0 Å². The molecule has 14 heavy (non-hydrogen) atoms. The molecule has 0 aromatic heterocycles. The molecule has 76 valence electrons. The fourth-order valence-corrected chi connectivity index (χ4v) is 1.25. The van der Waals surface area contributed by atoms with Gasteiger partial charge in [-0.25, -0.2) is 0 Å². The van der Waals surface area contributed by atoms with Gasteiger partial charge in [0.05, 0.1) is 6.61 Å². The Hall–Kier alpha value is -1.24. The van der Waals surface area contributed by atoms with E-state index in [2.05, 4.69) is 39.2 Å². The molecule has 0 N–H and O–H groups in total.